The lowest BCUT2D eigenvalue weighted by Crippen LogP contribution is -2.18. The average molecular weight is 284 g/mol. The number of Topliss-reactive ketones (excluding diaryl/α,β-unsaturated/α-hetero) is 1. The van der Waals surface area contributed by atoms with Crippen molar-refractivity contribution in [2.45, 2.75) is 52.9 Å². The number of ketones is 1. The summed E-state index contributed by atoms with van der Waals surface area (Å²) in [6.45, 7) is 8.59. The fourth-order valence-electron chi connectivity index (χ4n) is 3.93. The number of phenols is 1. The maximum Gasteiger partial charge on any atom is 0.159 e. The molecule has 0 bridgehead atoms. The van der Waals surface area contributed by atoms with E-state index >= 15 is 0 Å². The van der Waals surface area contributed by atoms with Crippen LogP contribution in [0.3, 0.4) is 0 Å². The van der Waals surface area contributed by atoms with Crippen LogP contribution < -0.4 is 0 Å². The summed E-state index contributed by atoms with van der Waals surface area (Å²) >= 11 is 0. The Bertz CT molecular complexity index is 635. The van der Waals surface area contributed by atoms with Crippen LogP contribution in [-0.2, 0) is 11.2 Å². The maximum atomic E-state index is 12.3. The fourth-order valence-corrected chi connectivity index (χ4v) is 3.93. The van der Waals surface area contributed by atoms with E-state index in [0.717, 1.165) is 29.5 Å². The number of hydrogen-bond donors (Lipinski definition) is 1. The Kier molecular flexibility index (Phi) is 3.23. The molecule has 2 heteroatoms. The number of rotatable bonds is 1. The highest BCUT2D eigenvalue weighted by molar-refractivity contribution is 6.03. The van der Waals surface area contributed by atoms with E-state index in [4.69, 9.17) is 0 Å². The standard InChI is InChI=1S/C19H24O2/c1-11(2)14-7-12-5-6-16-15(8-13(12)9-17(14)20)18(21)10-19(16,3)4/h7-9,11,16,20H,5-6,10H2,1-4H3/t16-/m0/s1. The van der Waals surface area contributed by atoms with Gasteiger partial charge in [-0.15, -0.1) is 0 Å². The summed E-state index contributed by atoms with van der Waals surface area (Å²) in [5.41, 5.74) is 4.33. The van der Waals surface area contributed by atoms with E-state index < -0.39 is 0 Å². The van der Waals surface area contributed by atoms with Crippen molar-refractivity contribution in [1.29, 1.82) is 0 Å². The van der Waals surface area contributed by atoms with Crippen LogP contribution in [0.2, 0.25) is 0 Å². The second kappa shape index (κ2) is 4.72. The molecule has 2 aliphatic rings. The van der Waals surface area contributed by atoms with Crippen LogP contribution in [0.4, 0.5) is 0 Å². The van der Waals surface area contributed by atoms with Gasteiger partial charge in [-0.2, -0.15) is 0 Å². The highest BCUT2D eigenvalue weighted by Crippen LogP contribution is 2.49. The monoisotopic (exact) mass is 284 g/mol. The van der Waals surface area contributed by atoms with E-state index in [0.29, 0.717) is 24.0 Å². The first-order chi connectivity index (χ1) is 9.79. The van der Waals surface area contributed by atoms with Crippen molar-refractivity contribution in [3.8, 4) is 5.75 Å². The molecule has 0 spiro atoms. The maximum absolute atomic E-state index is 12.3. The van der Waals surface area contributed by atoms with Crippen LogP contribution in [0.15, 0.2) is 17.7 Å². The molecule has 1 saturated carbocycles. The van der Waals surface area contributed by atoms with Crippen molar-refractivity contribution < 1.29 is 9.90 Å². The zero-order chi connectivity index (χ0) is 15.4. The van der Waals surface area contributed by atoms with Crippen LogP contribution in [0.1, 0.15) is 63.1 Å². The highest BCUT2D eigenvalue weighted by Gasteiger charge is 2.43. The number of fused-ring (bicyclic) bond motifs is 2. The molecule has 1 atom stereocenters. The summed E-state index contributed by atoms with van der Waals surface area (Å²) in [5, 5.41) is 10.2. The third kappa shape index (κ3) is 2.31. The Balaban J connectivity index is 2.10. The van der Waals surface area contributed by atoms with Crippen LogP contribution in [0.5, 0.6) is 5.75 Å². The summed E-state index contributed by atoms with van der Waals surface area (Å²) in [7, 11) is 0. The van der Waals surface area contributed by atoms with E-state index in [-0.39, 0.29) is 11.2 Å². The normalized spacial score (nSPS) is 23.6. The molecule has 1 aromatic rings. The molecule has 0 saturated heterocycles. The van der Waals surface area contributed by atoms with E-state index in [1.807, 2.05) is 12.1 Å². The van der Waals surface area contributed by atoms with Gasteiger partial charge in [0.2, 0.25) is 0 Å². The Hall–Kier alpha value is -1.57. The van der Waals surface area contributed by atoms with E-state index in [2.05, 4.69) is 33.8 Å². The zero-order valence-corrected chi connectivity index (χ0v) is 13.4. The minimum absolute atomic E-state index is 0.0634. The van der Waals surface area contributed by atoms with Crippen molar-refractivity contribution in [3.63, 3.8) is 0 Å². The Morgan fingerprint density at radius 1 is 1.29 bits per heavy atom. The van der Waals surface area contributed by atoms with Gasteiger partial charge in [0.25, 0.3) is 0 Å². The molecule has 1 aromatic carbocycles. The topological polar surface area (TPSA) is 37.3 Å². The number of carbonyl (C=O) groups excluding carboxylic acids is 1. The molecule has 0 unspecified atom stereocenters. The van der Waals surface area contributed by atoms with Gasteiger partial charge in [-0.3, -0.25) is 4.79 Å². The van der Waals surface area contributed by atoms with Gasteiger partial charge in [0.05, 0.1) is 0 Å². The van der Waals surface area contributed by atoms with Crippen molar-refractivity contribution in [2.24, 2.45) is 11.3 Å². The Morgan fingerprint density at radius 2 is 2.00 bits per heavy atom. The lowest BCUT2D eigenvalue weighted by molar-refractivity contribution is -0.115. The van der Waals surface area contributed by atoms with Crippen molar-refractivity contribution in [1.82, 2.24) is 0 Å². The first-order valence-electron chi connectivity index (χ1n) is 7.90. The number of allylic oxidation sites excluding steroid dienone is 1. The smallest absolute Gasteiger partial charge is 0.159 e. The molecule has 1 N–H and O–H groups in total. The number of carbonyl (C=O) groups is 1. The first kappa shape index (κ1) is 14.4. The van der Waals surface area contributed by atoms with E-state index in [1.165, 1.54) is 5.56 Å². The van der Waals surface area contributed by atoms with E-state index in [1.54, 1.807) is 0 Å². The zero-order valence-electron chi connectivity index (χ0n) is 13.4. The quantitative estimate of drug-likeness (QED) is 0.826. The minimum atomic E-state index is 0.0634. The predicted octanol–water partition coefficient (Wildman–Crippen LogP) is 4.46. The molecular weight excluding hydrogens is 260 g/mol. The number of aromatic hydroxyl groups is 1. The Morgan fingerprint density at radius 3 is 2.67 bits per heavy atom. The molecule has 0 amide bonds. The second-order valence-electron chi connectivity index (χ2n) is 7.54. The number of phenolic OH excluding ortho intramolecular Hbond substituents is 1. The number of hydrogen-bond acceptors (Lipinski definition) is 2. The summed E-state index contributed by atoms with van der Waals surface area (Å²) < 4.78 is 0. The summed E-state index contributed by atoms with van der Waals surface area (Å²) in [5.74, 6) is 1.29. The van der Waals surface area contributed by atoms with Crippen molar-refractivity contribution >= 4 is 11.9 Å². The molecular formula is C19H24O2. The summed E-state index contributed by atoms with van der Waals surface area (Å²) in [4.78, 5) is 12.3. The van der Waals surface area contributed by atoms with Gasteiger partial charge in [-0.1, -0.05) is 33.8 Å². The van der Waals surface area contributed by atoms with Crippen molar-refractivity contribution in [2.75, 3.05) is 0 Å². The number of aryl methyl sites for hydroxylation is 1. The molecule has 0 aliphatic heterocycles. The molecule has 112 valence electrons. The number of benzene rings is 1. The molecule has 21 heavy (non-hydrogen) atoms. The fraction of sp³-hybridized carbons (Fsp3) is 0.526. The summed E-state index contributed by atoms with van der Waals surface area (Å²) in [6.07, 6.45) is 4.69. The van der Waals surface area contributed by atoms with Crippen LogP contribution in [-0.4, -0.2) is 10.9 Å². The van der Waals surface area contributed by atoms with E-state index in [9.17, 15) is 9.90 Å². The average Bonchev–Trinajstić information content (AvgIpc) is 2.52. The summed E-state index contributed by atoms with van der Waals surface area (Å²) in [6, 6.07) is 3.98. The molecule has 0 heterocycles. The third-order valence-corrected chi connectivity index (χ3v) is 5.18. The molecule has 0 radical (unpaired) electrons. The van der Waals surface area contributed by atoms with Crippen LogP contribution in [0.25, 0.3) is 6.08 Å². The molecule has 2 aliphatic carbocycles. The SMILES string of the molecule is CC(C)c1cc2c(cc1O)C=C1C(=O)CC(C)(C)[C@H]1CC2. The third-order valence-electron chi connectivity index (χ3n) is 5.18. The lowest BCUT2D eigenvalue weighted by atomic mass is 9.78. The van der Waals surface area contributed by atoms with Gasteiger partial charge in [-0.25, -0.2) is 0 Å². The molecule has 2 nitrogen and oxygen atoms in total. The van der Waals surface area contributed by atoms with Gasteiger partial charge in [0, 0.05) is 6.42 Å². The highest BCUT2D eigenvalue weighted by atomic mass is 16.3. The molecule has 1 fully saturated rings. The second-order valence-corrected chi connectivity index (χ2v) is 7.54. The van der Waals surface area contributed by atoms with Gasteiger partial charge in [-0.05, 0) is 64.5 Å². The largest absolute Gasteiger partial charge is 0.508 e. The van der Waals surface area contributed by atoms with Crippen molar-refractivity contribution in [3.05, 3.63) is 34.4 Å². The van der Waals surface area contributed by atoms with Crippen LogP contribution >= 0.6 is 0 Å². The van der Waals surface area contributed by atoms with Gasteiger partial charge in [0.1, 0.15) is 5.75 Å². The first-order valence-corrected chi connectivity index (χ1v) is 7.90. The Labute approximate surface area is 126 Å². The van der Waals surface area contributed by atoms with Gasteiger partial charge in [0.15, 0.2) is 5.78 Å². The lowest BCUT2D eigenvalue weighted by Gasteiger charge is -2.25. The van der Waals surface area contributed by atoms with Crippen LogP contribution in [0, 0.1) is 11.3 Å². The molecule has 0 aromatic heterocycles. The van der Waals surface area contributed by atoms with Gasteiger partial charge < -0.3 is 5.11 Å². The van der Waals surface area contributed by atoms with Gasteiger partial charge >= 0.3 is 0 Å². The molecule has 3 rings (SSSR count). The predicted molar refractivity (Wildman–Crippen MR) is 85.4 cm³/mol. The minimum Gasteiger partial charge on any atom is -0.508 e.